The Morgan fingerprint density at radius 2 is 1.88 bits per heavy atom. The zero-order valence-electron chi connectivity index (χ0n) is 18.8. The lowest BCUT2D eigenvalue weighted by molar-refractivity contribution is -0.118. The van der Waals surface area contributed by atoms with Crippen LogP contribution < -0.4 is 10.2 Å². The standard InChI is InChI=1S/C27H25N3O2S/c1-27(2)12-18-23(19(31)13-27)21(15-8-4-3-5-9-15)17(14-28)24-29-25(32)22-16-10-6-7-11-20(16)33-26(22)30(18)24/h3-5,8-9,21H,6-7,10-13H2,1-2H3,(H,29,32)/t21-/m0/s1. The predicted molar refractivity (Wildman–Crippen MR) is 128 cm³/mol. The molecule has 5 nitrogen and oxygen atoms in total. The highest BCUT2D eigenvalue weighted by Gasteiger charge is 2.48. The number of carbonyl (C=O) groups excluding carboxylic acids is 2. The molecule has 166 valence electrons. The van der Waals surface area contributed by atoms with E-state index in [0.29, 0.717) is 23.4 Å². The van der Waals surface area contributed by atoms with Crippen LogP contribution in [0.5, 0.6) is 0 Å². The van der Waals surface area contributed by atoms with Crippen LogP contribution in [0.2, 0.25) is 0 Å². The van der Waals surface area contributed by atoms with Gasteiger partial charge in [-0.15, -0.1) is 11.3 Å². The molecular formula is C27H25N3O2S. The van der Waals surface area contributed by atoms with E-state index >= 15 is 0 Å². The molecule has 1 aromatic heterocycles. The van der Waals surface area contributed by atoms with Crippen molar-refractivity contribution in [3.63, 3.8) is 0 Å². The Labute approximate surface area is 197 Å². The second-order valence-electron chi connectivity index (χ2n) is 10.2. The van der Waals surface area contributed by atoms with Gasteiger partial charge in [0.1, 0.15) is 10.8 Å². The molecule has 0 radical (unpaired) electrons. The van der Waals surface area contributed by atoms with Crippen molar-refractivity contribution in [1.82, 2.24) is 5.32 Å². The molecule has 0 unspecified atom stereocenters. The van der Waals surface area contributed by atoms with Crippen LogP contribution in [0, 0.1) is 16.7 Å². The quantitative estimate of drug-likeness (QED) is 0.629. The molecule has 0 saturated carbocycles. The fourth-order valence-electron chi connectivity index (χ4n) is 5.92. The van der Waals surface area contributed by atoms with Crippen LogP contribution in [-0.2, 0) is 17.6 Å². The second kappa shape index (κ2) is 7.16. The average Bonchev–Trinajstić information content (AvgIpc) is 3.18. The van der Waals surface area contributed by atoms with Gasteiger partial charge in [-0.3, -0.25) is 14.5 Å². The third-order valence-electron chi connectivity index (χ3n) is 7.29. The van der Waals surface area contributed by atoms with Gasteiger partial charge < -0.3 is 5.32 Å². The van der Waals surface area contributed by atoms with Crippen LogP contribution in [0.25, 0.3) is 0 Å². The van der Waals surface area contributed by atoms with E-state index in [1.165, 1.54) is 4.88 Å². The van der Waals surface area contributed by atoms with Gasteiger partial charge in [0.15, 0.2) is 5.78 Å². The molecule has 1 aromatic carbocycles. The second-order valence-corrected chi connectivity index (χ2v) is 11.3. The van der Waals surface area contributed by atoms with Crippen LogP contribution in [0.3, 0.4) is 0 Å². The van der Waals surface area contributed by atoms with Crippen LogP contribution in [0.15, 0.2) is 53.0 Å². The number of Topliss-reactive ketones (excluding diaryl/α,β-unsaturated/α-hetero) is 1. The summed E-state index contributed by atoms with van der Waals surface area (Å²) in [6, 6.07) is 12.1. The first-order chi connectivity index (χ1) is 15.9. The highest BCUT2D eigenvalue weighted by Crippen LogP contribution is 2.54. The normalized spacial score (nSPS) is 23.3. The molecule has 0 bridgehead atoms. The molecule has 1 atom stereocenters. The summed E-state index contributed by atoms with van der Waals surface area (Å²) < 4.78 is 0. The van der Waals surface area contributed by atoms with Crippen molar-refractivity contribution < 1.29 is 9.59 Å². The zero-order valence-corrected chi connectivity index (χ0v) is 19.6. The maximum atomic E-state index is 13.6. The largest absolute Gasteiger partial charge is 0.307 e. The molecule has 4 aliphatic rings. The van der Waals surface area contributed by atoms with Crippen molar-refractivity contribution in [3.8, 4) is 6.07 Å². The minimum atomic E-state index is -0.461. The SMILES string of the molecule is CC1(C)CC(=O)C2=C(C1)N1C(=C(C#N)[C@@H]2c2ccccc2)NC(=O)c2c1sc1c2CCCC1. The molecular weight excluding hydrogens is 430 g/mol. The molecule has 1 N–H and O–H groups in total. The first-order valence-corrected chi connectivity index (χ1v) is 12.4. The van der Waals surface area contributed by atoms with Gasteiger partial charge >= 0.3 is 0 Å². The van der Waals surface area contributed by atoms with E-state index in [1.54, 1.807) is 11.3 Å². The number of benzene rings is 1. The molecule has 3 heterocycles. The number of carbonyl (C=O) groups is 2. The fraction of sp³-hybridized carbons (Fsp3) is 0.370. The highest BCUT2D eigenvalue weighted by molar-refractivity contribution is 7.17. The third-order valence-corrected chi connectivity index (χ3v) is 8.57. The molecule has 1 amide bonds. The van der Waals surface area contributed by atoms with Gasteiger partial charge in [0, 0.05) is 22.6 Å². The molecule has 2 aromatic rings. The number of nitrogens with zero attached hydrogens (tertiary/aromatic N) is 2. The Morgan fingerprint density at radius 3 is 2.64 bits per heavy atom. The highest BCUT2D eigenvalue weighted by atomic mass is 32.1. The molecule has 6 rings (SSSR count). The number of hydrogen-bond donors (Lipinski definition) is 1. The molecule has 2 aliphatic carbocycles. The van der Waals surface area contributed by atoms with Crippen molar-refractivity contribution >= 4 is 28.0 Å². The number of ketones is 1. The molecule has 0 fully saturated rings. The minimum Gasteiger partial charge on any atom is -0.307 e. The van der Waals surface area contributed by atoms with Crippen LogP contribution >= 0.6 is 11.3 Å². The van der Waals surface area contributed by atoms with Crippen molar-refractivity contribution in [3.05, 3.63) is 74.6 Å². The summed E-state index contributed by atoms with van der Waals surface area (Å²) >= 11 is 1.67. The molecule has 2 aliphatic heterocycles. The summed E-state index contributed by atoms with van der Waals surface area (Å²) in [4.78, 5) is 30.3. The number of aryl methyl sites for hydroxylation is 1. The Hall–Kier alpha value is -3.17. The number of nitriles is 1. The summed E-state index contributed by atoms with van der Waals surface area (Å²) in [5.74, 6) is 0.0477. The van der Waals surface area contributed by atoms with Gasteiger partial charge in [0.25, 0.3) is 5.91 Å². The van der Waals surface area contributed by atoms with E-state index < -0.39 is 5.92 Å². The van der Waals surface area contributed by atoms with Crippen molar-refractivity contribution in [2.45, 2.75) is 58.3 Å². The number of fused-ring (bicyclic) bond motifs is 6. The van der Waals surface area contributed by atoms with Gasteiger partial charge in [-0.1, -0.05) is 44.2 Å². The Bertz CT molecular complexity index is 1320. The maximum Gasteiger partial charge on any atom is 0.260 e. The molecule has 0 spiro atoms. The first-order valence-electron chi connectivity index (χ1n) is 11.6. The van der Waals surface area contributed by atoms with Gasteiger partial charge in [0.05, 0.1) is 23.1 Å². The lowest BCUT2D eigenvalue weighted by Gasteiger charge is -2.45. The van der Waals surface area contributed by atoms with Crippen molar-refractivity contribution in [1.29, 1.82) is 5.26 Å². The number of thiophene rings is 1. The Balaban J connectivity index is 1.65. The van der Waals surface area contributed by atoms with Crippen LogP contribution in [-0.4, -0.2) is 11.7 Å². The zero-order chi connectivity index (χ0) is 22.9. The lowest BCUT2D eigenvalue weighted by atomic mass is 9.68. The Kier molecular flexibility index (Phi) is 4.44. The number of anilines is 1. The van der Waals surface area contributed by atoms with Gasteiger partial charge in [0.2, 0.25) is 0 Å². The van der Waals surface area contributed by atoms with E-state index in [2.05, 4.69) is 30.1 Å². The third kappa shape index (κ3) is 2.95. The van der Waals surface area contributed by atoms with Crippen molar-refractivity contribution in [2.24, 2.45) is 5.41 Å². The molecule has 6 heteroatoms. The van der Waals surface area contributed by atoms with Gasteiger partial charge in [-0.2, -0.15) is 5.26 Å². The number of amides is 1. The number of rotatable bonds is 1. The fourth-order valence-corrected chi connectivity index (χ4v) is 7.34. The monoisotopic (exact) mass is 455 g/mol. The van der Waals surface area contributed by atoms with E-state index in [4.69, 9.17) is 0 Å². The van der Waals surface area contributed by atoms with Crippen LogP contribution in [0.4, 0.5) is 5.00 Å². The van der Waals surface area contributed by atoms with E-state index in [-0.39, 0.29) is 17.1 Å². The summed E-state index contributed by atoms with van der Waals surface area (Å²) in [6.07, 6.45) is 5.30. The molecule has 33 heavy (non-hydrogen) atoms. The number of nitrogens with one attached hydrogen (secondary N) is 1. The summed E-state index contributed by atoms with van der Waals surface area (Å²) in [5.41, 5.74) is 4.73. The predicted octanol–water partition coefficient (Wildman–Crippen LogP) is 5.35. The smallest absolute Gasteiger partial charge is 0.260 e. The maximum absolute atomic E-state index is 13.6. The van der Waals surface area contributed by atoms with Gasteiger partial charge in [-0.25, -0.2) is 0 Å². The molecule has 0 saturated heterocycles. The first kappa shape index (κ1) is 20.4. The van der Waals surface area contributed by atoms with Gasteiger partial charge in [-0.05, 0) is 48.6 Å². The summed E-state index contributed by atoms with van der Waals surface area (Å²) in [5, 5.41) is 14.3. The van der Waals surface area contributed by atoms with E-state index in [0.717, 1.165) is 59.5 Å². The van der Waals surface area contributed by atoms with Crippen LogP contribution in [0.1, 0.15) is 71.8 Å². The topological polar surface area (TPSA) is 73.2 Å². The number of allylic oxidation sites excluding steroid dienone is 3. The average molecular weight is 456 g/mol. The summed E-state index contributed by atoms with van der Waals surface area (Å²) in [7, 11) is 0. The van der Waals surface area contributed by atoms with E-state index in [9.17, 15) is 14.9 Å². The minimum absolute atomic E-state index is 0.0988. The van der Waals surface area contributed by atoms with E-state index in [1.807, 2.05) is 30.3 Å². The number of hydrogen-bond acceptors (Lipinski definition) is 5. The Morgan fingerprint density at radius 1 is 1.12 bits per heavy atom. The lowest BCUT2D eigenvalue weighted by Crippen LogP contribution is -2.47. The summed E-state index contributed by atoms with van der Waals surface area (Å²) in [6.45, 7) is 4.25. The van der Waals surface area contributed by atoms with Crippen molar-refractivity contribution in [2.75, 3.05) is 4.90 Å².